The van der Waals surface area contributed by atoms with Gasteiger partial charge < -0.3 is 5.73 Å². The zero-order valence-electron chi connectivity index (χ0n) is 10.7. The number of rotatable bonds is 3. The summed E-state index contributed by atoms with van der Waals surface area (Å²) in [6.45, 7) is 0. The van der Waals surface area contributed by atoms with Crippen molar-refractivity contribution >= 4 is 5.78 Å². The molecule has 0 aliphatic rings. The van der Waals surface area contributed by atoms with E-state index in [1.807, 2.05) is 0 Å². The van der Waals surface area contributed by atoms with Crippen molar-refractivity contribution in [3.05, 3.63) is 71.0 Å². The molecule has 6 heteroatoms. The van der Waals surface area contributed by atoms with Crippen LogP contribution >= 0.6 is 0 Å². The van der Waals surface area contributed by atoms with Gasteiger partial charge in [0.2, 0.25) is 0 Å². The molecule has 0 saturated carbocycles. The van der Waals surface area contributed by atoms with Gasteiger partial charge in [0.05, 0.1) is 5.56 Å². The van der Waals surface area contributed by atoms with Gasteiger partial charge in [-0.1, -0.05) is 30.3 Å². The predicted octanol–water partition coefficient (Wildman–Crippen LogP) is 3.62. The monoisotopic (exact) mass is 297 g/mol. The number of carbonyl (C=O) groups excluding carboxylic acids is 1. The lowest BCUT2D eigenvalue weighted by Crippen LogP contribution is -2.28. The minimum atomic E-state index is -4.61. The van der Waals surface area contributed by atoms with Gasteiger partial charge in [-0.15, -0.1) is 0 Å². The molecular weight excluding hydrogens is 286 g/mol. The number of halogens is 4. The van der Waals surface area contributed by atoms with Gasteiger partial charge >= 0.3 is 6.18 Å². The maximum atomic E-state index is 13.5. The van der Waals surface area contributed by atoms with E-state index in [0.717, 1.165) is 12.1 Å². The van der Waals surface area contributed by atoms with Crippen LogP contribution in [0, 0.1) is 5.82 Å². The average molecular weight is 297 g/mol. The first-order chi connectivity index (χ1) is 9.80. The van der Waals surface area contributed by atoms with Crippen molar-refractivity contribution in [1.29, 1.82) is 0 Å². The van der Waals surface area contributed by atoms with Gasteiger partial charge in [-0.2, -0.15) is 13.2 Å². The molecule has 0 aliphatic heterocycles. The van der Waals surface area contributed by atoms with E-state index in [-0.39, 0.29) is 16.7 Å². The number of benzene rings is 2. The molecule has 2 nitrogen and oxygen atoms in total. The topological polar surface area (TPSA) is 43.1 Å². The predicted molar refractivity (Wildman–Crippen MR) is 69.3 cm³/mol. The Labute approximate surface area is 118 Å². The molecule has 0 aromatic heterocycles. The highest BCUT2D eigenvalue weighted by atomic mass is 19.4. The number of carbonyl (C=O) groups is 1. The molecule has 0 heterocycles. The van der Waals surface area contributed by atoms with Crippen LogP contribution in [0.4, 0.5) is 17.6 Å². The minimum absolute atomic E-state index is 0.0442. The van der Waals surface area contributed by atoms with Crippen molar-refractivity contribution < 1.29 is 22.4 Å². The standard InChI is InChI=1S/C15H11F4NO/c16-12-7-2-1-6-11(12)13(21)9-4-3-5-10(8-9)14(20)15(17,18)19/h1-8,14H,20H2. The third-order valence-electron chi connectivity index (χ3n) is 2.98. The summed E-state index contributed by atoms with van der Waals surface area (Å²) in [5, 5.41) is 0. The molecule has 2 rings (SSSR count). The quantitative estimate of drug-likeness (QED) is 0.694. The first-order valence-corrected chi connectivity index (χ1v) is 6.02. The average Bonchev–Trinajstić information content (AvgIpc) is 2.45. The Morgan fingerprint density at radius 1 is 1.05 bits per heavy atom. The van der Waals surface area contributed by atoms with E-state index in [1.54, 1.807) is 0 Å². The van der Waals surface area contributed by atoms with Crippen molar-refractivity contribution in [3.63, 3.8) is 0 Å². The first kappa shape index (κ1) is 15.2. The number of hydrogen-bond donors (Lipinski definition) is 1. The zero-order valence-corrected chi connectivity index (χ0v) is 10.7. The molecule has 0 radical (unpaired) electrons. The van der Waals surface area contributed by atoms with Gasteiger partial charge in [0.1, 0.15) is 11.9 Å². The van der Waals surface area contributed by atoms with Crippen LogP contribution in [0.1, 0.15) is 27.5 Å². The lowest BCUT2D eigenvalue weighted by Gasteiger charge is -2.16. The molecule has 2 N–H and O–H groups in total. The van der Waals surface area contributed by atoms with Crippen molar-refractivity contribution in [2.75, 3.05) is 0 Å². The van der Waals surface area contributed by atoms with Crippen LogP contribution in [0.3, 0.4) is 0 Å². The fraction of sp³-hybridized carbons (Fsp3) is 0.133. The number of nitrogens with two attached hydrogens (primary N) is 1. The van der Waals surface area contributed by atoms with E-state index in [9.17, 15) is 22.4 Å². The van der Waals surface area contributed by atoms with Crippen LogP contribution in [0.2, 0.25) is 0 Å². The van der Waals surface area contributed by atoms with Crippen LogP contribution in [-0.4, -0.2) is 12.0 Å². The summed E-state index contributed by atoms with van der Waals surface area (Å²) in [7, 11) is 0. The first-order valence-electron chi connectivity index (χ1n) is 6.02. The number of hydrogen-bond acceptors (Lipinski definition) is 2. The molecular formula is C15H11F4NO. The Morgan fingerprint density at radius 2 is 1.71 bits per heavy atom. The summed E-state index contributed by atoms with van der Waals surface area (Å²) < 4.78 is 51.3. The largest absolute Gasteiger partial charge is 0.407 e. The summed E-state index contributed by atoms with van der Waals surface area (Å²) in [5.41, 5.74) is 4.61. The Balaban J connectivity index is 2.38. The molecule has 2 aromatic rings. The summed E-state index contributed by atoms with van der Waals surface area (Å²) >= 11 is 0. The molecule has 0 spiro atoms. The minimum Gasteiger partial charge on any atom is -0.316 e. The normalized spacial score (nSPS) is 13.0. The van der Waals surface area contributed by atoms with E-state index in [2.05, 4.69) is 0 Å². The van der Waals surface area contributed by atoms with Gasteiger partial charge in [-0.3, -0.25) is 4.79 Å². The molecule has 1 unspecified atom stereocenters. The fourth-order valence-corrected chi connectivity index (χ4v) is 1.86. The second-order valence-corrected chi connectivity index (χ2v) is 4.45. The summed E-state index contributed by atoms with van der Waals surface area (Å²) in [5.74, 6) is -1.42. The second-order valence-electron chi connectivity index (χ2n) is 4.45. The molecule has 0 fully saturated rings. The molecule has 110 valence electrons. The summed E-state index contributed by atoms with van der Waals surface area (Å²) in [6, 6.07) is 7.90. The van der Waals surface area contributed by atoms with Crippen molar-refractivity contribution in [2.45, 2.75) is 12.2 Å². The van der Waals surface area contributed by atoms with E-state index in [0.29, 0.717) is 0 Å². The van der Waals surface area contributed by atoms with E-state index >= 15 is 0 Å². The molecule has 0 bridgehead atoms. The fourth-order valence-electron chi connectivity index (χ4n) is 1.86. The van der Waals surface area contributed by atoms with Gasteiger partial charge in [-0.25, -0.2) is 4.39 Å². The van der Waals surface area contributed by atoms with Crippen LogP contribution in [0.25, 0.3) is 0 Å². The molecule has 0 aliphatic carbocycles. The SMILES string of the molecule is NC(c1cccc(C(=O)c2ccccc2F)c1)C(F)(F)F. The van der Waals surface area contributed by atoms with Crippen LogP contribution in [0.5, 0.6) is 0 Å². The smallest absolute Gasteiger partial charge is 0.316 e. The van der Waals surface area contributed by atoms with E-state index in [1.165, 1.54) is 36.4 Å². The van der Waals surface area contributed by atoms with Gasteiger partial charge in [-0.05, 0) is 23.8 Å². The summed E-state index contributed by atoms with van der Waals surface area (Å²) in [6.07, 6.45) is -4.61. The molecule has 21 heavy (non-hydrogen) atoms. The molecule has 0 saturated heterocycles. The number of alkyl halides is 3. The zero-order chi connectivity index (χ0) is 15.6. The van der Waals surface area contributed by atoms with E-state index in [4.69, 9.17) is 5.73 Å². The number of ketones is 1. The third-order valence-corrected chi connectivity index (χ3v) is 2.98. The van der Waals surface area contributed by atoms with Crippen molar-refractivity contribution in [3.8, 4) is 0 Å². The maximum Gasteiger partial charge on any atom is 0.407 e. The highest BCUT2D eigenvalue weighted by molar-refractivity contribution is 6.09. The Hall–Kier alpha value is -2.21. The highest BCUT2D eigenvalue weighted by Crippen LogP contribution is 2.31. The molecule has 2 aromatic carbocycles. The third kappa shape index (κ3) is 3.28. The Morgan fingerprint density at radius 3 is 2.33 bits per heavy atom. The lowest BCUT2D eigenvalue weighted by molar-refractivity contribution is -0.149. The maximum absolute atomic E-state index is 13.5. The Bertz CT molecular complexity index is 667. The van der Waals surface area contributed by atoms with Gasteiger partial charge in [0.15, 0.2) is 5.78 Å². The summed E-state index contributed by atoms with van der Waals surface area (Å²) in [4.78, 5) is 12.1. The van der Waals surface area contributed by atoms with Gasteiger partial charge in [0.25, 0.3) is 0 Å². The molecule has 1 atom stereocenters. The van der Waals surface area contributed by atoms with Crippen LogP contribution in [0.15, 0.2) is 48.5 Å². The second kappa shape index (κ2) is 5.65. The Kier molecular flexibility index (Phi) is 4.09. The van der Waals surface area contributed by atoms with Crippen molar-refractivity contribution in [1.82, 2.24) is 0 Å². The molecule has 0 amide bonds. The van der Waals surface area contributed by atoms with Crippen molar-refractivity contribution in [2.24, 2.45) is 5.73 Å². The van der Waals surface area contributed by atoms with E-state index < -0.39 is 23.8 Å². The highest BCUT2D eigenvalue weighted by Gasteiger charge is 2.38. The van der Waals surface area contributed by atoms with Crippen LogP contribution in [-0.2, 0) is 0 Å². The van der Waals surface area contributed by atoms with Crippen LogP contribution < -0.4 is 5.73 Å². The lowest BCUT2D eigenvalue weighted by atomic mass is 9.98. The van der Waals surface area contributed by atoms with Gasteiger partial charge in [0, 0.05) is 5.56 Å².